The van der Waals surface area contributed by atoms with Gasteiger partial charge in [-0.05, 0) is 42.2 Å². The number of aliphatic carboxylic acids is 1. The Balaban J connectivity index is 1.99. The number of ether oxygens (including phenoxy) is 1. The Morgan fingerprint density at radius 1 is 1.04 bits per heavy atom. The number of piperidine rings is 1. The second-order valence-electron chi connectivity index (χ2n) is 5.73. The van der Waals surface area contributed by atoms with Gasteiger partial charge < -0.3 is 14.7 Å². The van der Waals surface area contributed by atoms with Gasteiger partial charge in [-0.3, -0.25) is 4.79 Å². The SMILES string of the molecule is O=C(O)COc1cc2ccccc2cc1C(=O)N1CCCCC1. The van der Waals surface area contributed by atoms with Crippen molar-refractivity contribution in [3.8, 4) is 5.75 Å². The van der Waals surface area contributed by atoms with Crippen molar-refractivity contribution in [1.82, 2.24) is 4.90 Å². The monoisotopic (exact) mass is 313 g/mol. The number of hydrogen-bond acceptors (Lipinski definition) is 3. The van der Waals surface area contributed by atoms with E-state index in [1.54, 1.807) is 12.1 Å². The van der Waals surface area contributed by atoms with Gasteiger partial charge in [0.25, 0.3) is 5.91 Å². The summed E-state index contributed by atoms with van der Waals surface area (Å²) in [6.45, 7) is 1.02. The maximum absolute atomic E-state index is 12.8. The number of likely N-dealkylation sites (tertiary alicyclic amines) is 1. The summed E-state index contributed by atoms with van der Waals surface area (Å²) in [6, 6.07) is 11.2. The summed E-state index contributed by atoms with van der Waals surface area (Å²) >= 11 is 0. The molecule has 0 atom stereocenters. The molecule has 1 N–H and O–H groups in total. The number of carboxylic acids is 1. The predicted molar refractivity (Wildman–Crippen MR) is 86.8 cm³/mol. The van der Waals surface area contributed by atoms with E-state index in [1.165, 1.54) is 0 Å². The molecular formula is C18H19NO4. The molecule has 0 bridgehead atoms. The van der Waals surface area contributed by atoms with Crippen molar-refractivity contribution < 1.29 is 19.4 Å². The zero-order valence-corrected chi connectivity index (χ0v) is 12.8. The molecule has 0 spiro atoms. The molecule has 1 heterocycles. The van der Waals surface area contributed by atoms with E-state index in [2.05, 4.69) is 0 Å². The van der Waals surface area contributed by atoms with Crippen molar-refractivity contribution in [3.63, 3.8) is 0 Å². The molecule has 5 nitrogen and oxygen atoms in total. The van der Waals surface area contributed by atoms with E-state index in [9.17, 15) is 9.59 Å². The van der Waals surface area contributed by atoms with Gasteiger partial charge in [0.1, 0.15) is 5.75 Å². The van der Waals surface area contributed by atoms with Crippen LogP contribution in [-0.4, -0.2) is 41.6 Å². The number of amides is 1. The topological polar surface area (TPSA) is 66.8 Å². The Morgan fingerprint density at radius 3 is 2.35 bits per heavy atom. The van der Waals surface area contributed by atoms with Crippen molar-refractivity contribution in [2.75, 3.05) is 19.7 Å². The molecule has 120 valence electrons. The van der Waals surface area contributed by atoms with Gasteiger partial charge in [-0.1, -0.05) is 24.3 Å². The highest BCUT2D eigenvalue weighted by molar-refractivity contribution is 6.01. The van der Waals surface area contributed by atoms with Gasteiger partial charge in [0.2, 0.25) is 0 Å². The summed E-state index contributed by atoms with van der Waals surface area (Å²) < 4.78 is 5.37. The molecular weight excluding hydrogens is 294 g/mol. The second-order valence-corrected chi connectivity index (χ2v) is 5.73. The molecule has 2 aromatic carbocycles. The molecule has 1 fully saturated rings. The third-order valence-corrected chi connectivity index (χ3v) is 4.07. The van der Waals surface area contributed by atoms with Crippen LogP contribution in [0, 0.1) is 0 Å². The lowest BCUT2D eigenvalue weighted by molar-refractivity contribution is -0.139. The number of fused-ring (bicyclic) bond motifs is 1. The molecule has 1 aliphatic rings. The largest absolute Gasteiger partial charge is 0.481 e. The fourth-order valence-corrected chi connectivity index (χ4v) is 2.91. The highest BCUT2D eigenvalue weighted by Gasteiger charge is 2.22. The van der Waals surface area contributed by atoms with Crippen LogP contribution in [0.1, 0.15) is 29.6 Å². The van der Waals surface area contributed by atoms with Gasteiger partial charge in [0, 0.05) is 13.1 Å². The molecule has 0 aromatic heterocycles. The molecule has 1 amide bonds. The minimum Gasteiger partial charge on any atom is -0.481 e. The highest BCUT2D eigenvalue weighted by Crippen LogP contribution is 2.28. The maximum Gasteiger partial charge on any atom is 0.341 e. The quantitative estimate of drug-likeness (QED) is 0.942. The van der Waals surface area contributed by atoms with Crippen molar-refractivity contribution >= 4 is 22.6 Å². The molecule has 3 rings (SSSR count). The van der Waals surface area contributed by atoms with E-state index >= 15 is 0 Å². The third kappa shape index (κ3) is 3.44. The summed E-state index contributed by atoms with van der Waals surface area (Å²) in [4.78, 5) is 25.4. The number of benzene rings is 2. The molecule has 5 heteroatoms. The average molecular weight is 313 g/mol. The first kappa shape index (κ1) is 15.3. The molecule has 0 saturated carbocycles. The van der Waals surface area contributed by atoms with E-state index in [-0.39, 0.29) is 5.91 Å². The van der Waals surface area contributed by atoms with E-state index in [1.807, 2.05) is 29.2 Å². The van der Waals surface area contributed by atoms with Crippen LogP contribution < -0.4 is 4.74 Å². The van der Waals surface area contributed by atoms with Crippen molar-refractivity contribution in [3.05, 3.63) is 42.0 Å². The minimum absolute atomic E-state index is 0.0872. The van der Waals surface area contributed by atoms with Crippen molar-refractivity contribution in [2.45, 2.75) is 19.3 Å². The van der Waals surface area contributed by atoms with Crippen molar-refractivity contribution in [1.29, 1.82) is 0 Å². The summed E-state index contributed by atoms with van der Waals surface area (Å²) in [6.07, 6.45) is 3.15. The molecule has 0 aliphatic carbocycles. The minimum atomic E-state index is -1.06. The predicted octanol–water partition coefficient (Wildman–Crippen LogP) is 2.93. The lowest BCUT2D eigenvalue weighted by Crippen LogP contribution is -2.35. The Hall–Kier alpha value is -2.56. The number of carbonyl (C=O) groups is 2. The Kier molecular flexibility index (Phi) is 4.46. The standard InChI is InChI=1S/C18H19NO4/c20-17(21)12-23-16-11-14-7-3-2-6-13(14)10-15(16)18(22)19-8-4-1-5-9-19/h2-3,6-7,10-11H,1,4-5,8-9,12H2,(H,20,21). The molecule has 2 aromatic rings. The van der Waals surface area contributed by atoms with E-state index < -0.39 is 12.6 Å². The summed E-state index contributed by atoms with van der Waals surface area (Å²) in [5.41, 5.74) is 0.437. The molecule has 1 aliphatic heterocycles. The Morgan fingerprint density at radius 2 is 1.70 bits per heavy atom. The molecule has 0 radical (unpaired) electrons. The van der Waals surface area contributed by atoms with Crippen LogP contribution >= 0.6 is 0 Å². The number of hydrogen-bond donors (Lipinski definition) is 1. The van der Waals surface area contributed by atoms with Gasteiger partial charge >= 0.3 is 5.97 Å². The fraction of sp³-hybridized carbons (Fsp3) is 0.333. The average Bonchev–Trinajstić information content (AvgIpc) is 2.59. The van der Waals surface area contributed by atoms with E-state index in [4.69, 9.17) is 9.84 Å². The van der Waals surface area contributed by atoms with Crippen LogP contribution in [0.4, 0.5) is 0 Å². The first-order valence-corrected chi connectivity index (χ1v) is 7.82. The molecule has 23 heavy (non-hydrogen) atoms. The Labute approximate surface area is 134 Å². The van der Waals surface area contributed by atoms with Crippen LogP contribution in [-0.2, 0) is 4.79 Å². The van der Waals surface area contributed by atoms with Crippen LogP contribution in [0.5, 0.6) is 5.75 Å². The lowest BCUT2D eigenvalue weighted by atomic mass is 10.0. The smallest absolute Gasteiger partial charge is 0.341 e. The van der Waals surface area contributed by atoms with Crippen LogP contribution in [0.2, 0.25) is 0 Å². The van der Waals surface area contributed by atoms with E-state index in [0.717, 1.165) is 43.1 Å². The zero-order valence-electron chi connectivity index (χ0n) is 12.8. The number of rotatable bonds is 4. The molecule has 0 unspecified atom stereocenters. The number of carbonyl (C=O) groups excluding carboxylic acids is 1. The van der Waals surface area contributed by atoms with Crippen LogP contribution in [0.3, 0.4) is 0 Å². The van der Waals surface area contributed by atoms with Gasteiger partial charge in [-0.15, -0.1) is 0 Å². The van der Waals surface area contributed by atoms with Crippen LogP contribution in [0.15, 0.2) is 36.4 Å². The normalized spacial score (nSPS) is 14.7. The van der Waals surface area contributed by atoms with Gasteiger partial charge in [-0.2, -0.15) is 0 Å². The summed E-state index contributed by atoms with van der Waals surface area (Å²) in [7, 11) is 0. The number of nitrogens with zero attached hydrogens (tertiary/aromatic N) is 1. The van der Waals surface area contributed by atoms with Gasteiger partial charge in [0.05, 0.1) is 5.56 Å². The second kappa shape index (κ2) is 6.69. The first-order valence-electron chi connectivity index (χ1n) is 7.82. The zero-order chi connectivity index (χ0) is 16.2. The molecule has 1 saturated heterocycles. The van der Waals surface area contributed by atoms with Crippen LogP contribution in [0.25, 0.3) is 10.8 Å². The summed E-state index contributed by atoms with van der Waals surface area (Å²) in [5.74, 6) is -0.813. The number of carboxylic acid groups (broad SMARTS) is 1. The first-order chi connectivity index (χ1) is 11.1. The summed E-state index contributed by atoms with van der Waals surface area (Å²) in [5, 5.41) is 10.7. The third-order valence-electron chi connectivity index (χ3n) is 4.07. The maximum atomic E-state index is 12.8. The fourth-order valence-electron chi connectivity index (χ4n) is 2.91. The van der Waals surface area contributed by atoms with E-state index in [0.29, 0.717) is 11.3 Å². The van der Waals surface area contributed by atoms with Gasteiger partial charge in [-0.25, -0.2) is 4.79 Å². The highest BCUT2D eigenvalue weighted by atomic mass is 16.5. The Bertz CT molecular complexity index is 735. The lowest BCUT2D eigenvalue weighted by Gasteiger charge is -2.27. The van der Waals surface area contributed by atoms with Gasteiger partial charge in [0.15, 0.2) is 6.61 Å². The van der Waals surface area contributed by atoms with Crippen molar-refractivity contribution in [2.24, 2.45) is 0 Å².